The van der Waals surface area contributed by atoms with Gasteiger partial charge in [0, 0.05) is 22.9 Å². The minimum absolute atomic E-state index is 0.276. The molecule has 0 aliphatic carbocycles. The Morgan fingerprint density at radius 1 is 1.10 bits per heavy atom. The summed E-state index contributed by atoms with van der Waals surface area (Å²) in [5, 5.41) is 10.1. The van der Waals surface area contributed by atoms with E-state index in [1.807, 2.05) is 37.3 Å². The highest BCUT2D eigenvalue weighted by atomic mass is 16.5. The first-order chi connectivity index (χ1) is 10.2. The number of para-hydroxylation sites is 1. The molecule has 0 atom stereocenters. The SMILES string of the molecule is CCCCc1cc(-c2ccccc2OCC)c(N)cc1O. The quantitative estimate of drug-likeness (QED) is 0.774. The number of anilines is 1. The fourth-order valence-electron chi connectivity index (χ4n) is 2.42. The molecule has 3 heteroatoms. The molecule has 0 fully saturated rings. The lowest BCUT2D eigenvalue weighted by molar-refractivity contribution is 0.341. The van der Waals surface area contributed by atoms with Gasteiger partial charge in [-0.3, -0.25) is 0 Å². The molecule has 3 nitrogen and oxygen atoms in total. The highest BCUT2D eigenvalue weighted by Crippen LogP contribution is 2.37. The number of aryl methyl sites for hydroxylation is 1. The summed E-state index contributed by atoms with van der Waals surface area (Å²) in [6, 6.07) is 11.5. The Labute approximate surface area is 126 Å². The van der Waals surface area contributed by atoms with E-state index in [9.17, 15) is 5.11 Å². The molecule has 0 saturated carbocycles. The third kappa shape index (κ3) is 3.48. The lowest BCUT2D eigenvalue weighted by Crippen LogP contribution is -1.98. The van der Waals surface area contributed by atoms with E-state index in [4.69, 9.17) is 10.5 Å². The molecule has 112 valence electrons. The summed E-state index contributed by atoms with van der Waals surface area (Å²) >= 11 is 0. The van der Waals surface area contributed by atoms with Crippen molar-refractivity contribution in [2.45, 2.75) is 33.1 Å². The van der Waals surface area contributed by atoms with Gasteiger partial charge in [0.15, 0.2) is 0 Å². The number of hydrogen-bond donors (Lipinski definition) is 2. The van der Waals surface area contributed by atoms with E-state index >= 15 is 0 Å². The molecule has 2 rings (SSSR count). The molecule has 0 unspecified atom stereocenters. The average Bonchev–Trinajstić information content (AvgIpc) is 2.48. The topological polar surface area (TPSA) is 55.5 Å². The third-order valence-electron chi connectivity index (χ3n) is 3.53. The number of unbranched alkanes of at least 4 members (excludes halogenated alkanes) is 1. The van der Waals surface area contributed by atoms with Crippen molar-refractivity contribution in [3.05, 3.63) is 42.0 Å². The number of nitrogen functional groups attached to an aromatic ring is 1. The smallest absolute Gasteiger partial charge is 0.127 e. The van der Waals surface area contributed by atoms with Crippen LogP contribution in [0.1, 0.15) is 32.3 Å². The maximum Gasteiger partial charge on any atom is 0.127 e. The van der Waals surface area contributed by atoms with Crippen LogP contribution in [-0.2, 0) is 6.42 Å². The normalized spacial score (nSPS) is 10.6. The molecule has 0 bridgehead atoms. The van der Waals surface area contributed by atoms with Crippen molar-refractivity contribution in [2.24, 2.45) is 0 Å². The first-order valence-electron chi connectivity index (χ1n) is 7.50. The first kappa shape index (κ1) is 15.2. The Kier molecular flexibility index (Phi) is 5.09. The summed E-state index contributed by atoms with van der Waals surface area (Å²) in [6.07, 6.45) is 2.99. The Morgan fingerprint density at radius 3 is 2.57 bits per heavy atom. The number of ether oxygens (including phenoxy) is 1. The van der Waals surface area contributed by atoms with Gasteiger partial charge in [-0.15, -0.1) is 0 Å². The van der Waals surface area contributed by atoms with E-state index in [2.05, 4.69) is 6.92 Å². The largest absolute Gasteiger partial charge is 0.508 e. The van der Waals surface area contributed by atoms with Gasteiger partial charge < -0.3 is 15.6 Å². The fourth-order valence-corrected chi connectivity index (χ4v) is 2.42. The van der Waals surface area contributed by atoms with Gasteiger partial charge in [-0.1, -0.05) is 31.5 Å². The predicted octanol–water partition coefficient (Wildman–Crippen LogP) is 4.38. The molecule has 0 aliphatic rings. The van der Waals surface area contributed by atoms with Gasteiger partial charge in [-0.25, -0.2) is 0 Å². The number of phenols is 1. The summed E-state index contributed by atoms with van der Waals surface area (Å²) < 4.78 is 5.68. The van der Waals surface area contributed by atoms with Crippen molar-refractivity contribution in [1.82, 2.24) is 0 Å². The molecule has 0 radical (unpaired) electrons. The molecule has 0 aliphatic heterocycles. The fraction of sp³-hybridized carbons (Fsp3) is 0.333. The van der Waals surface area contributed by atoms with Gasteiger partial charge >= 0.3 is 0 Å². The van der Waals surface area contributed by atoms with Gasteiger partial charge in [0.05, 0.1) is 6.61 Å². The highest BCUT2D eigenvalue weighted by Gasteiger charge is 2.12. The minimum atomic E-state index is 0.276. The van der Waals surface area contributed by atoms with Crippen LogP contribution in [-0.4, -0.2) is 11.7 Å². The number of hydrogen-bond acceptors (Lipinski definition) is 3. The van der Waals surface area contributed by atoms with Gasteiger partial charge in [0.25, 0.3) is 0 Å². The molecule has 0 aromatic heterocycles. The zero-order valence-corrected chi connectivity index (χ0v) is 12.7. The zero-order valence-electron chi connectivity index (χ0n) is 12.7. The van der Waals surface area contributed by atoms with E-state index in [0.29, 0.717) is 12.3 Å². The van der Waals surface area contributed by atoms with Gasteiger partial charge in [0.1, 0.15) is 11.5 Å². The first-order valence-corrected chi connectivity index (χ1v) is 7.50. The highest BCUT2D eigenvalue weighted by molar-refractivity contribution is 5.82. The van der Waals surface area contributed by atoms with Crippen LogP contribution in [0.5, 0.6) is 11.5 Å². The molecule has 0 amide bonds. The van der Waals surface area contributed by atoms with Crippen LogP contribution in [0.3, 0.4) is 0 Å². The Hall–Kier alpha value is -2.16. The zero-order chi connectivity index (χ0) is 15.2. The van der Waals surface area contributed by atoms with Crippen molar-refractivity contribution in [3.8, 4) is 22.6 Å². The van der Waals surface area contributed by atoms with Crippen molar-refractivity contribution < 1.29 is 9.84 Å². The summed E-state index contributed by atoms with van der Waals surface area (Å²) in [4.78, 5) is 0. The molecule has 2 aromatic carbocycles. The summed E-state index contributed by atoms with van der Waals surface area (Å²) in [5.74, 6) is 1.09. The van der Waals surface area contributed by atoms with Crippen molar-refractivity contribution >= 4 is 5.69 Å². The number of aromatic hydroxyl groups is 1. The maximum atomic E-state index is 10.1. The van der Waals surface area contributed by atoms with Crippen LogP contribution in [0.4, 0.5) is 5.69 Å². The van der Waals surface area contributed by atoms with Crippen molar-refractivity contribution in [3.63, 3.8) is 0 Å². The molecule has 3 N–H and O–H groups in total. The lowest BCUT2D eigenvalue weighted by atomic mass is 9.97. The van der Waals surface area contributed by atoms with E-state index in [0.717, 1.165) is 41.7 Å². The van der Waals surface area contributed by atoms with Gasteiger partial charge in [-0.2, -0.15) is 0 Å². The second kappa shape index (κ2) is 7.02. The number of nitrogens with two attached hydrogens (primary N) is 1. The summed E-state index contributed by atoms with van der Waals surface area (Å²) in [5.41, 5.74) is 9.49. The van der Waals surface area contributed by atoms with Crippen LogP contribution >= 0.6 is 0 Å². The number of rotatable bonds is 6. The van der Waals surface area contributed by atoms with Gasteiger partial charge in [-0.05, 0) is 37.5 Å². The standard InChI is InChI=1S/C18H23NO2/c1-3-5-8-13-11-15(16(19)12-17(13)20)14-9-6-7-10-18(14)21-4-2/h6-7,9-12,20H,3-5,8,19H2,1-2H3. The predicted molar refractivity (Wildman–Crippen MR) is 87.7 cm³/mol. The molecule has 2 aromatic rings. The summed E-state index contributed by atoms with van der Waals surface area (Å²) in [7, 11) is 0. The van der Waals surface area contributed by atoms with Gasteiger partial charge in [0.2, 0.25) is 0 Å². The minimum Gasteiger partial charge on any atom is -0.508 e. The van der Waals surface area contributed by atoms with E-state index in [1.165, 1.54) is 0 Å². The van der Waals surface area contributed by atoms with Crippen molar-refractivity contribution in [1.29, 1.82) is 0 Å². The Bertz CT molecular complexity index is 608. The van der Waals surface area contributed by atoms with Crippen molar-refractivity contribution in [2.75, 3.05) is 12.3 Å². The lowest BCUT2D eigenvalue weighted by Gasteiger charge is -2.14. The molecule has 21 heavy (non-hydrogen) atoms. The Balaban J connectivity index is 2.48. The third-order valence-corrected chi connectivity index (χ3v) is 3.53. The monoisotopic (exact) mass is 285 g/mol. The van der Waals surface area contributed by atoms with Crippen LogP contribution in [0, 0.1) is 0 Å². The molecule has 0 spiro atoms. The number of phenolic OH excluding ortho intramolecular Hbond substituents is 1. The van der Waals surface area contributed by atoms with Crippen LogP contribution in [0.2, 0.25) is 0 Å². The second-order valence-corrected chi connectivity index (χ2v) is 5.10. The molecular weight excluding hydrogens is 262 g/mol. The maximum absolute atomic E-state index is 10.1. The second-order valence-electron chi connectivity index (χ2n) is 5.10. The summed E-state index contributed by atoms with van der Waals surface area (Å²) in [6.45, 7) is 4.71. The van der Waals surface area contributed by atoms with Crippen LogP contribution in [0.25, 0.3) is 11.1 Å². The molecule has 0 heterocycles. The average molecular weight is 285 g/mol. The van der Waals surface area contributed by atoms with E-state index in [1.54, 1.807) is 6.07 Å². The van der Waals surface area contributed by atoms with E-state index < -0.39 is 0 Å². The van der Waals surface area contributed by atoms with E-state index in [-0.39, 0.29) is 5.75 Å². The molecular formula is C18H23NO2. The molecule has 0 saturated heterocycles. The Morgan fingerprint density at radius 2 is 1.86 bits per heavy atom. The van der Waals surface area contributed by atoms with Crippen LogP contribution < -0.4 is 10.5 Å². The number of benzene rings is 2. The van der Waals surface area contributed by atoms with Crippen LogP contribution in [0.15, 0.2) is 36.4 Å².